The van der Waals surface area contributed by atoms with Gasteiger partial charge in [0.1, 0.15) is 0 Å². The smallest absolute Gasteiger partial charge is 0.0465 e. The molecule has 0 aromatic heterocycles. The summed E-state index contributed by atoms with van der Waals surface area (Å²) >= 11 is 12.0. The molecule has 0 saturated heterocycles. The Hall–Kier alpha value is -0.240. The van der Waals surface area contributed by atoms with Crippen LogP contribution < -0.4 is 5.32 Å². The molecule has 90 valence electrons. The molecule has 0 aliphatic rings. The lowest BCUT2D eigenvalue weighted by Crippen LogP contribution is -2.27. The van der Waals surface area contributed by atoms with Gasteiger partial charge in [0.05, 0.1) is 0 Å². The number of nitrogens with one attached hydrogen (secondary N) is 1. The van der Waals surface area contributed by atoms with E-state index in [1.54, 1.807) is 6.07 Å². The van der Waals surface area contributed by atoms with Crippen LogP contribution in [0.25, 0.3) is 0 Å². The van der Waals surface area contributed by atoms with Gasteiger partial charge in [-0.25, -0.2) is 0 Å². The van der Waals surface area contributed by atoms with Gasteiger partial charge in [0.25, 0.3) is 0 Å². The zero-order chi connectivity index (χ0) is 12.0. The van der Waals surface area contributed by atoms with Gasteiger partial charge in [-0.15, -0.1) is 0 Å². The molecule has 3 heteroatoms. The highest BCUT2D eigenvalue weighted by Crippen LogP contribution is 2.21. The highest BCUT2D eigenvalue weighted by Gasteiger charge is 2.06. The SMILES string of the molecule is CCCC(CC)NCc1ccc(Cl)cc1Cl. The minimum Gasteiger partial charge on any atom is -0.310 e. The van der Waals surface area contributed by atoms with Crippen molar-refractivity contribution in [3.8, 4) is 0 Å². The maximum Gasteiger partial charge on any atom is 0.0465 e. The maximum absolute atomic E-state index is 6.11. The number of hydrogen-bond acceptors (Lipinski definition) is 1. The van der Waals surface area contributed by atoms with Crippen molar-refractivity contribution in [2.75, 3.05) is 0 Å². The van der Waals surface area contributed by atoms with Gasteiger partial charge in [-0.05, 0) is 30.5 Å². The van der Waals surface area contributed by atoms with E-state index in [0.717, 1.165) is 23.6 Å². The molecule has 0 aliphatic carbocycles. The van der Waals surface area contributed by atoms with E-state index >= 15 is 0 Å². The molecule has 0 heterocycles. The zero-order valence-electron chi connectivity index (χ0n) is 9.89. The predicted molar refractivity (Wildman–Crippen MR) is 72.3 cm³/mol. The summed E-state index contributed by atoms with van der Waals surface area (Å²) in [6.07, 6.45) is 3.57. The molecular weight excluding hydrogens is 241 g/mol. The summed E-state index contributed by atoms with van der Waals surface area (Å²) in [5, 5.41) is 4.95. The van der Waals surface area contributed by atoms with E-state index in [-0.39, 0.29) is 0 Å². The average molecular weight is 260 g/mol. The van der Waals surface area contributed by atoms with Crippen LogP contribution in [-0.4, -0.2) is 6.04 Å². The average Bonchev–Trinajstić information content (AvgIpc) is 2.26. The van der Waals surface area contributed by atoms with Gasteiger partial charge in [0, 0.05) is 22.6 Å². The van der Waals surface area contributed by atoms with Crippen molar-refractivity contribution in [1.82, 2.24) is 5.32 Å². The van der Waals surface area contributed by atoms with Crippen LogP contribution in [-0.2, 0) is 6.54 Å². The summed E-state index contributed by atoms with van der Waals surface area (Å²) in [6.45, 7) is 5.23. The van der Waals surface area contributed by atoms with Gasteiger partial charge >= 0.3 is 0 Å². The predicted octanol–water partition coefficient (Wildman–Crippen LogP) is 4.66. The molecule has 1 rings (SSSR count). The van der Waals surface area contributed by atoms with Gasteiger partial charge in [-0.1, -0.05) is 49.5 Å². The lowest BCUT2D eigenvalue weighted by Gasteiger charge is -2.16. The third-order valence-electron chi connectivity index (χ3n) is 2.73. The fourth-order valence-electron chi connectivity index (χ4n) is 1.72. The Kier molecular flexibility index (Phi) is 6.18. The number of benzene rings is 1. The van der Waals surface area contributed by atoms with Crippen molar-refractivity contribution in [2.24, 2.45) is 0 Å². The van der Waals surface area contributed by atoms with E-state index in [2.05, 4.69) is 19.2 Å². The summed E-state index contributed by atoms with van der Waals surface area (Å²) in [5.41, 5.74) is 1.11. The molecular formula is C13H19Cl2N. The topological polar surface area (TPSA) is 12.0 Å². The highest BCUT2D eigenvalue weighted by molar-refractivity contribution is 6.35. The molecule has 0 fully saturated rings. The van der Waals surface area contributed by atoms with Gasteiger partial charge in [-0.2, -0.15) is 0 Å². The maximum atomic E-state index is 6.11. The van der Waals surface area contributed by atoms with Gasteiger partial charge in [-0.3, -0.25) is 0 Å². The molecule has 1 atom stereocenters. The molecule has 0 amide bonds. The van der Waals surface area contributed by atoms with Crippen molar-refractivity contribution in [3.05, 3.63) is 33.8 Å². The third kappa shape index (κ3) is 4.32. The Labute approximate surface area is 108 Å². The van der Waals surface area contributed by atoms with Crippen LogP contribution in [0.15, 0.2) is 18.2 Å². The Bertz CT molecular complexity index is 326. The van der Waals surface area contributed by atoms with Crippen molar-refractivity contribution in [1.29, 1.82) is 0 Å². The van der Waals surface area contributed by atoms with E-state index in [0.29, 0.717) is 11.1 Å². The van der Waals surface area contributed by atoms with E-state index in [4.69, 9.17) is 23.2 Å². The van der Waals surface area contributed by atoms with E-state index < -0.39 is 0 Å². The second kappa shape index (κ2) is 7.16. The van der Waals surface area contributed by atoms with E-state index in [1.165, 1.54) is 12.8 Å². The first kappa shape index (κ1) is 13.8. The Balaban J connectivity index is 2.53. The summed E-state index contributed by atoms with van der Waals surface area (Å²) in [5.74, 6) is 0. The summed E-state index contributed by atoms with van der Waals surface area (Å²) in [6, 6.07) is 6.24. The molecule has 16 heavy (non-hydrogen) atoms. The van der Waals surface area contributed by atoms with Crippen molar-refractivity contribution >= 4 is 23.2 Å². The standard InChI is InChI=1S/C13H19Cl2N/c1-3-5-12(4-2)16-9-10-6-7-11(14)8-13(10)15/h6-8,12,16H,3-5,9H2,1-2H3. The second-order valence-electron chi connectivity index (χ2n) is 4.01. The summed E-state index contributed by atoms with van der Waals surface area (Å²) < 4.78 is 0. The molecule has 0 bridgehead atoms. The van der Waals surface area contributed by atoms with Gasteiger partial charge in [0.15, 0.2) is 0 Å². The highest BCUT2D eigenvalue weighted by atomic mass is 35.5. The first-order valence-corrected chi connectivity index (χ1v) is 6.60. The molecule has 0 spiro atoms. The Morgan fingerprint density at radius 3 is 2.56 bits per heavy atom. The fraction of sp³-hybridized carbons (Fsp3) is 0.538. The van der Waals surface area contributed by atoms with Crippen LogP contribution >= 0.6 is 23.2 Å². The minimum absolute atomic E-state index is 0.580. The Morgan fingerprint density at radius 2 is 2.00 bits per heavy atom. The molecule has 0 saturated carbocycles. The van der Waals surface area contributed by atoms with Crippen LogP contribution in [0, 0.1) is 0 Å². The van der Waals surface area contributed by atoms with Crippen molar-refractivity contribution in [3.63, 3.8) is 0 Å². The monoisotopic (exact) mass is 259 g/mol. The lowest BCUT2D eigenvalue weighted by molar-refractivity contribution is 0.462. The van der Waals surface area contributed by atoms with E-state index in [9.17, 15) is 0 Å². The molecule has 0 aliphatic heterocycles. The van der Waals surface area contributed by atoms with E-state index in [1.807, 2.05) is 12.1 Å². The second-order valence-corrected chi connectivity index (χ2v) is 4.85. The largest absolute Gasteiger partial charge is 0.310 e. The number of halogens is 2. The van der Waals surface area contributed by atoms with Crippen molar-refractivity contribution in [2.45, 2.75) is 45.7 Å². The van der Waals surface area contributed by atoms with Gasteiger partial charge in [0.2, 0.25) is 0 Å². The van der Waals surface area contributed by atoms with Crippen molar-refractivity contribution < 1.29 is 0 Å². The summed E-state index contributed by atoms with van der Waals surface area (Å²) in [4.78, 5) is 0. The van der Waals surface area contributed by atoms with Gasteiger partial charge < -0.3 is 5.32 Å². The summed E-state index contributed by atoms with van der Waals surface area (Å²) in [7, 11) is 0. The molecule has 1 aromatic carbocycles. The van der Waals surface area contributed by atoms with Crippen LogP contribution in [0.1, 0.15) is 38.7 Å². The van der Waals surface area contributed by atoms with Crippen LogP contribution in [0.2, 0.25) is 10.0 Å². The minimum atomic E-state index is 0.580. The normalized spacial score (nSPS) is 12.8. The van der Waals surface area contributed by atoms with Crippen LogP contribution in [0.5, 0.6) is 0 Å². The molecule has 1 N–H and O–H groups in total. The number of rotatable bonds is 6. The third-order valence-corrected chi connectivity index (χ3v) is 3.31. The fourth-order valence-corrected chi connectivity index (χ4v) is 2.19. The zero-order valence-corrected chi connectivity index (χ0v) is 11.4. The quantitative estimate of drug-likeness (QED) is 0.784. The molecule has 1 aromatic rings. The van der Waals surface area contributed by atoms with Crippen LogP contribution in [0.3, 0.4) is 0 Å². The lowest BCUT2D eigenvalue weighted by atomic mass is 10.1. The molecule has 1 nitrogen and oxygen atoms in total. The Morgan fingerprint density at radius 1 is 1.25 bits per heavy atom. The first-order valence-electron chi connectivity index (χ1n) is 5.84. The number of hydrogen-bond donors (Lipinski definition) is 1. The molecule has 0 radical (unpaired) electrons. The molecule has 1 unspecified atom stereocenters. The van der Waals surface area contributed by atoms with Crippen LogP contribution in [0.4, 0.5) is 0 Å². The first-order chi connectivity index (χ1) is 7.67.